The number of amides is 1. The quantitative estimate of drug-likeness (QED) is 0.755. The summed E-state index contributed by atoms with van der Waals surface area (Å²) in [5.41, 5.74) is 5.31. The summed E-state index contributed by atoms with van der Waals surface area (Å²) in [6.45, 7) is 2.80. The number of β-amino-alcohol motifs (C(OH)–C–C–N with tert-alkyl or cyclic N) is 1. The van der Waals surface area contributed by atoms with E-state index in [1.165, 1.54) is 6.08 Å². The number of likely N-dealkylation sites (tertiary alicyclic amines) is 1. The van der Waals surface area contributed by atoms with E-state index in [9.17, 15) is 9.90 Å². The number of hydrogen-bond donors (Lipinski definition) is 2. The van der Waals surface area contributed by atoms with Gasteiger partial charge < -0.3 is 15.7 Å². The van der Waals surface area contributed by atoms with E-state index in [0.717, 1.165) is 12.8 Å². The zero-order chi connectivity index (χ0) is 13.9. The Kier molecular flexibility index (Phi) is 3.80. The van der Waals surface area contributed by atoms with Gasteiger partial charge >= 0.3 is 0 Å². The number of carbonyl (C=O) groups is 1. The fourth-order valence-corrected chi connectivity index (χ4v) is 2.12. The number of rotatable bonds is 2. The van der Waals surface area contributed by atoms with Gasteiger partial charge in [0, 0.05) is 37.1 Å². The molecule has 0 spiro atoms. The third kappa shape index (κ3) is 3.75. The first-order valence-corrected chi connectivity index (χ1v) is 6.23. The first-order valence-electron chi connectivity index (χ1n) is 6.23. The van der Waals surface area contributed by atoms with Gasteiger partial charge in [-0.15, -0.1) is 0 Å². The highest BCUT2D eigenvalue weighted by Gasteiger charge is 2.29. The van der Waals surface area contributed by atoms with Gasteiger partial charge in [-0.2, -0.15) is 0 Å². The van der Waals surface area contributed by atoms with Crippen LogP contribution in [-0.4, -0.2) is 44.6 Å². The molecule has 19 heavy (non-hydrogen) atoms. The van der Waals surface area contributed by atoms with E-state index in [2.05, 4.69) is 9.97 Å². The molecule has 3 N–H and O–H groups in total. The van der Waals surface area contributed by atoms with Crippen LogP contribution in [0.5, 0.6) is 0 Å². The third-order valence-electron chi connectivity index (χ3n) is 3.10. The summed E-state index contributed by atoms with van der Waals surface area (Å²) in [5.74, 6) is 0.0901. The summed E-state index contributed by atoms with van der Waals surface area (Å²) in [5, 5.41) is 9.96. The Morgan fingerprint density at radius 2 is 2.21 bits per heavy atom. The Morgan fingerprint density at radius 3 is 2.84 bits per heavy atom. The lowest BCUT2D eigenvalue weighted by atomic mass is 9.95. The molecular formula is C13H18N4O2. The van der Waals surface area contributed by atoms with Crippen molar-refractivity contribution in [3.63, 3.8) is 0 Å². The predicted molar refractivity (Wildman–Crippen MR) is 71.9 cm³/mol. The lowest BCUT2D eigenvalue weighted by molar-refractivity contribution is -0.132. The van der Waals surface area contributed by atoms with Crippen molar-refractivity contribution in [3.05, 3.63) is 24.0 Å². The standard InChI is InChI=1S/C13H18N4O2/c1-13(19)5-2-6-17(9-13)11(18)4-3-10-7-15-12(14)16-8-10/h3-4,7-8,19H,2,5-6,9H2,1H3,(H2,14,15,16)/b4-3+. The molecule has 2 rings (SSSR count). The highest BCUT2D eigenvalue weighted by Crippen LogP contribution is 2.20. The van der Waals surface area contributed by atoms with Crippen molar-refractivity contribution in [3.8, 4) is 0 Å². The molecule has 2 heterocycles. The van der Waals surface area contributed by atoms with Crippen LogP contribution in [0.1, 0.15) is 25.3 Å². The molecule has 1 aromatic rings. The Hall–Kier alpha value is -1.95. The maximum atomic E-state index is 12.0. The zero-order valence-electron chi connectivity index (χ0n) is 10.9. The molecule has 1 unspecified atom stereocenters. The maximum Gasteiger partial charge on any atom is 0.246 e. The van der Waals surface area contributed by atoms with E-state index in [-0.39, 0.29) is 11.9 Å². The number of aliphatic hydroxyl groups is 1. The Balaban J connectivity index is 1.98. The lowest BCUT2D eigenvalue weighted by Gasteiger charge is -2.36. The molecule has 0 aliphatic carbocycles. The normalized spacial score (nSPS) is 23.8. The fraction of sp³-hybridized carbons (Fsp3) is 0.462. The molecule has 6 nitrogen and oxygen atoms in total. The second kappa shape index (κ2) is 5.36. The van der Waals surface area contributed by atoms with E-state index in [0.29, 0.717) is 18.7 Å². The maximum absolute atomic E-state index is 12.0. The summed E-state index contributed by atoms with van der Waals surface area (Å²) in [6.07, 6.45) is 7.77. The van der Waals surface area contributed by atoms with Gasteiger partial charge in [-0.25, -0.2) is 9.97 Å². The van der Waals surface area contributed by atoms with Crippen molar-refractivity contribution in [1.82, 2.24) is 14.9 Å². The van der Waals surface area contributed by atoms with Gasteiger partial charge in [0.25, 0.3) is 0 Å². The van der Waals surface area contributed by atoms with Crippen molar-refractivity contribution in [2.75, 3.05) is 18.8 Å². The molecule has 1 aliphatic rings. The summed E-state index contributed by atoms with van der Waals surface area (Å²) < 4.78 is 0. The molecule has 1 atom stereocenters. The third-order valence-corrected chi connectivity index (χ3v) is 3.10. The number of hydrogen-bond acceptors (Lipinski definition) is 5. The van der Waals surface area contributed by atoms with Gasteiger partial charge in [0.05, 0.1) is 5.60 Å². The van der Waals surface area contributed by atoms with E-state index in [1.807, 2.05) is 0 Å². The molecule has 1 fully saturated rings. The minimum absolute atomic E-state index is 0.114. The number of piperidine rings is 1. The number of anilines is 1. The van der Waals surface area contributed by atoms with Crippen molar-refractivity contribution in [2.24, 2.45) is 0 Å². The Bertz CT molecular complexity index is 482. The summed E-state index contributed by atoms with van der Waals surface area (Å²) in [6, 6.07) is 0. The molecule has 102 valence electrons. The molecular weight excluding hydrogens is 244 g/mol. The average molecular weight is 262 g/mol. The number of nitrogens with two attached hydrogens (primary N) is 1. The van der Waals surface area contributed by atoms with Gasteiger partial charge in [0.15, 0.2) is 0 Å². The molecule has 0 radical (unpaired) electrons. The molecule has 1 amide bonds. The molecule has 0 bridgehead atoms. The molecule has 1 saturated heterocycles. The first-order chi connectivity index (χ1) is 8.96. The first kappa shape index (κ1) is 13.5. The number of nitrogens with zero attached hydrogens (tertiary/aromatic N) is 3. The summed E-state index contributed by atoms with van der Waals surface area (Å²) >= 11 is 0. The second-order valence-electron chi connectivity index (χ2n) is 5.07. The summed E-state index contributed by atoms with van der Waals surface area (Å²) in [4.78, 5) is 21.3. The predicted octanol–water partition coefficient (Wildman–Crippen LogP) is 0.445. The fourth-order valence-electron chi connectivity index (χ4n) is 2.12. The topological polar surface area (TPSA) is 92.3 Å². The van der Waals surface area contributed by atoms with Gasteiger partial charge in [0.1, 0.15) is 0 Å². The molecule has 0 aromatic carbocycles. The smallest absolute Gasteiger partial charge is 0.246 e. The van der Waals surface area contributed by atoms with E-state index in [4.69, 9.17) is 5.73 Å². The van der Waals surface area contributed by atoms with Crippen LogP contribution in [0.15, 0.2) is 18.5 Å². The van der Waals surface area contributed by atoms with Crippen molar-refractivity contribution in [1.29, 1.82) is 0 Å². The van der Waals surface area contributed by atoms with Crippen molar-refractivity contribution >= 4 is 17.9 Å². The lowest BCUT2D eigenvalue weighted by Crippen LogP contribution is -2.48. The van der Waals surface area contributed by atoms with E-state index in [1.54, 1.807) is 30.3 Å². The van der Waals surface area contributed by atoms with Crippen LogP contribution in [0.2, 0.25) is 0 Å². The largest absolute Gasteiger partial charge is 0.388 e. The Morgan fingerprint density at radius 1 is 1.53 bits per heavy atom. The van der Waals surface area contributed by atoms with Crippen LogP contribution >= 0.6 is 0 Å². The number of carbonyl (C=O) groups excluding carboxylic acids is 1. The second-order valence-corrected chi connectivity index (χ2v) is 5.07. The SMILES string of the molecule is CC1(O)CCCN(C(=O)/C=C/c2cnc(N)nc2)C1. The molecule has 6 heteroatoms. The van der Waals surface area contributed by atoms with Crippen LogP contribution in [-0.2, 0) is 4.79 Å². The van der Waals surface area contributed by atoms with Gasteiger partial charge in [-0.05, 0) is 25.8 Å². The number of aromatic nitrogens is 2. The Labute approximate surface area is 112 Å². The van der Waals surface area contributed by atoms with Crippen LogP contribution < -0.4 is 5.73 Å². The summed E-state index contributed by atoms with van der Waals surface area (Å²) in [7, 11) is 0. The minimum atomic E-state index is -0.786. The minimum Gasteiger partial charge on any atom is -0.388 e. The van der Waals surface area contributed by atoms with Gasteiger partial charge in [0.2, 0.25) is 11.9 Å². The van der Waals surface area contributed by atoms with Gasteiger partial charge in [-0.3, -0.25) is 4.79 Å². The van der Waals surface area contributed by atoms with Crippen molar-refractivity contribution in [2.45, 2.75) is 25.4 Å². The monoisotopic (exact) mass is 262 g/mol. The van der Waals surface area contributed by atoms with Crippen molar-refractivity contribution < 1.29 is 9.90 Å². The number of nitrogen functional groups attached to an aromatic ring is 1. The van der Waals surface area contributed by atoms with Gasteiger partial charge in [-0.1, -0.05) is 0 Å². The highest BCUT2D eigenvalue weighted by molar-refractivity contribution is 5.91. The van der Waals surface area contributed by atoms with E-state index < -0.39 is 5.60 Å². The van der Waals surface area contributed by atoms with Crippen LogP contribution in [0.25, 0.3) is 6.08 Å². The molecule has 0 saturated carbocycles. The zero-order valence-corrected chi connectivity index (χ0v) is 10.9. The molecule has 1 aliphatic heterocycles. The van der Waals surface area contributed by atoms with Crippen LogP contribution in [0, 0.1) is 0 Å². The highest BCUT2D eigenvalue weighted by atomic mass is 16.3. The van der Waals surface area contributed by atoms with Crippen LogP contribution in [0.3, 0.4) is 0 Å². The average Bonchev–Trinajstić information content (AvgIpc) is 2.36. The molecule has 1 aromatic heterocycles. The van der Waals surface area contributed by atoms with E-state index >= 15 is 0 Å². The van der Waals surface area contributed by atoms with Crippen LogP contribution in [0.4, 0.5) is 5.95 Å².